The van der Waals surface area contributed by atoms with Crippen molar-refractivity contribution in [2.45, 2.75) is 13.0 Å². The van der Waals surface area contributed by atoms with Crippen LogP contribution in [0.5, 0.6) is 0 Å². The predicted molar refractivity (Wildman–Crippen MR) is 89.3 cm³/mol. The summed E-state index contributed by atoms with van der Waals surface area (Å²) in [4.78, 5) is 19.9. The van der Waals surface area contributed by atoms with Crippen LogP contribution >= 0.6 is 0 Å². The molecule has 1 amide bonds. The standard InChI is InChI=1S/C18H19N3O2/c1-23-12-13-6-8-14(9-7-13)18(22)19-11-10-17-20-15-4-2-3-5-16(15)21-17/h2-9H,10-12H2,1H3,(H,19,22)(H,20,21). The predicted octanol–water partition coefficient (Wildman–Crippen LogP) is 2.68. The van der Waals surface area contributed by atoms with E-state index in [0.717, 1.165) is 22.4 Å². The summed E-state index contributed by atoms with van der Waals surface area (Å²) in [5.41, 5.74) is 3.66. The molecule has 0 atom stereocenters. The lowest BCUT2D eigenvalue weighted by atomic mass is 10.1. The first-order chi connectivity index (χ1) is 11.3. The molecular formula is C18H19N3O2. The second kappa shape index (κ2) is 7.07. The number of rotatable bonds is 6. The molecule has 3 rings (SSSR count). The van der Waals surface area contributed by atoms with Crippen molar-refractivity contribution >= 4 is 16.9 Å². The molecule has 0 bridgehead atoms. The molecule has 118 valence electrons. The zero-order valence-electron chi connectivity index (χ0n) is 13.0. The molecule has 2 aromatic carbocycles. The third-order valence-electron chi connectivity index (χ3n) is 3.61. The lowest BCUT2D eigenvalue weighted by Crippen LogP contribution is -2.25. The van der Waals surface area contributed by atoms with Crippen molar-refractivity contribution in [3.8, 4) is 0 Å². The summed E-state index contributed by atoms with van der Waals surface area (Å²) in [6.45, 7) is 1.09. The lowest BCUT2D eigenvalue weighted by Gasteiger charge is -2.05. The number of hydrogen-bond acceptors (Lipinski definition) is 3. The van der Waals surface area contributed by atoms with Gasteiger partial charge in [0, 0.05) is 25.6 Å². The van der Waals surface area contributed by atoms with Gasteiger partial charge in [-0.25, -0.2) is 4.98 Å². The van der Waals surface area contributed by atoms with Gasteiger partial charge in [-0.15, -0.1) is 0 Å². The van der Waals surface area contributed by atoms with Crippen molar-refractivity contribution in [3.63, 3.8) is 0 Å². The Morgan fingerprint density at radius 3 is 2.70 bits per heavy atom. The van der Waals surface area contributed by atoms with Crippen LogP contribution < -0.4 is 5.32 Å². The average Bonchev–Trinajstić information content (AvgIpc) is 2.98. The molecular weight excluding hydrogens is 290 g/mol. The van der Waals surface area contributed by atoms with Crippen molar-refractivity contribution in [1.82, 2.24) is 15.3 Å². The molecule has 0 saturated carbocycles. The van der Waals surface area contributed by atoms with Crippen LogP contribution in [0.4, 0.5) is 0 Å². The van der Waals surface area contributed by atoms with Crippen LogP contribution in [0.25, 0.3) is 11.0 Å². The Labute approximate surface area is 134 Å². The van der Waals surface area contributed by atoms with Gasteiger partial charge in [-0.05, 0) is 29.8 Å². The van der Waals surface area contributed by atoms with Gasteiger partial charge in [-0.1, -0.05) is 24.3 Å². The quantitative estimate of drug-likeness (QED) is 0.735. The average molecular weight is 309 g/mol. The molecule has 23 heavy (non-hydrogen) atoms. The van der Waals surface area contributed by atoms with Gasteiger partial charge in [-0.2, -0.15) is 0 Å². The largest absolute Gasteiger partial charge is 0.380 e. The third-order valence-corrected chi connectivity index (χ3v) is 3.61. The number of nitrogens with zero attached hydrogens (tertiary/aromatic N) is 1. The maximum Gasteiger partial charge on any atom is 0.251 e. The summed E-state index contributed by atoms with van der Waals surface area (Å²) in [6.07, 6.45) is 0.669. The van der Waals surface area contributed by atoms with Crippen molar-refractivity contribution < 1.29 is 9.53 Å². The van der Waals surface area contributed by atoms with Crippen molar-refractivity contribution in [2.24, 2.45) is 0 Å². The summed E-state index contributed by atoms with van der Waals surface area (Å²) in [6, 6.07) is 15.3. The molecule has 2 N–H and O–H groups in total. The number of imidazole rings is 1. The van der Waals surface area contributed by atoms with Crippen LogP contribution in [0, 0.1) is 0 Å². The maximum absolute atomic E-state index is 12.1. The van der Waals surface area contributed by atoms with Crippen molar-refractivity contribution in [1.29, 1.82) is 0 Å². The van der Waals surface area contributed by atoms with E-state index in [1.54, 1.807) is 7.11 Å². The number of para-hydroxylation sites is 2. The molecule has 0 saturated heterocycles. The molecule has 3 aromatic rings. The molecule has 0 fully saturated rings. The Kier molecular flexibility index (Phi) is 4.68. The van der Waals surface area contributed by atoms with Gasteiger partial charge in [0.1, 0.15) is 5.82 Å². The third kappa shape index (κ3) is 3.76. The van der Waals surface area contributed by atoms with E-state index in [-0.39, 0.29) is 5.91 Å². The van der Waals surface area contributed by atoms with Crippen molar-refractivity contribution in [2.75, 3.05) is 13.7 Å². The number of methoxy groups -OCH3 is 1. The van der Waals surface area contributed by atoms with E-state index in [4.69, 9.17) is 4.74 Å². The Bertz CT molecular complexity index is 760. The van der Waals surface area contributed by atoms with E-state index in [9.17, 15) is 4.79 Å². The molecule has 1 aromatic heterocycles. The second-order valence-electron chi connectivity index (χ2n) is 5.34. The van der Waals surface area contributed by atoms with Gasteiger partial charge >= 0.3 is 0 Å². The minimum atomic E-state index is -0.0786. The zero-order valence-corrected chi connectivity index (χ0v) is 13.0. The number of carbonyl (C=O) groups excluding carboxylic acids is 1. The summed E-state index contributed by atoms with van der Waals surface area (Å²) >= 11 is 0. The smallest absolute Gasteiger partial charge is 0.251 e. The topological polar surface area (TPSA) is 67.0 Å². The first-order valence-corrected chi connectivity index (χ1v) is 7.56. The van der Waals surface area contributed by atoms with Crippen LogP contribution in [0.15, 0.2) is 48.5 Å². The van der Waals surface area contributed by atoms with Gasteiger partial charge in [-0.3, -0.25) is 4.79 Å². The summed E-state index contributed by atoms with van der Waals surface area (Å²) < 4.78 is 5.06. The minimum absolute atomic E-state index is 0.0786. The van der Waals surface area contributed by atoms with Gasteiger partial charge in [0.15, 0.2) is 0 Å². The van der Waals surface area contributed by atoms with Gasteiger partial charge < -0.3 is 15.0 Å². The highest BCUT2D eigenvalue weighted by Gasteiger charge is 2.06. The summed E-state index contributed by atoms with van der Waals surface area (Å²) in [5, 5.41) is 2.91. The Morgan fingerprint density at radius 2 is 1.96 bits per heavy atom. The molecule has 0 radical (unpaired) electrons. The number of aromatic amines is 1. The molecule has 0 spiro atoms. The molecule has 1 heterocycles. The van der Waals surface area contributed by atoms with E-state index in [0.29, 0.717) is 25.1 Å². The normalized spacial score (nSPS) is 10.8. The monoisotopic (exact) mass is 309 g/mol. The molecule has 5 heteroatoms. The van der Waals surface area contributed by atoms with Crippen LogP contribution in [0.1, 0.15) is 21.7 Å². The number of hydrogen-bond donors (Lipinski definition) is 2. The highest BCUT2D eigenvalue weighted by molar-refractivity contribution is 5.94. The Morgan fingerprint density at radius 1 is 1.17 bits per heavy atom. The van der Waals surface area contributed by atoms with E-state index >= 15 is 0 Å². The van der Waals surface area contributed by atoms with E-state index < -0.39 is 0 Å². The van der Waals surface area contributed by atoms with Crippen LogP contribution in [-0.4, -0.2) is 29.5 Å². The molecule has 0 aliphatic rings. The maximum atomic E-state index is 12.1. The lowest BCUT2D eigenvalue weighted by molar-refractivity contribution is 0.0954. The number of ether oxygens (including phenoxy) is 1. The number of benzene rings is 2. The fourth-order valence-electron chi connectivity index (χ4n) is 2.44. The number of aromatic nitrogens is 2. The fraction of sp³-hybridized carbons (Fsp3) is 0.222. The SMILES string of the molecule is COCc1ccc(C(=O)NCCc2nc3ccccc3[nH]2)cc1. The van der Waals surface area contributed by atoms with Crippen LogP contribution in [0.3, 0.4) is 0 Å². The van der Waals surface area contributed by atoms with Gasteiger partial charge in [0.2, 0.25) is 0 Å². The van der Waals surface area contributed by atoms with Gasteiger partial charge in [0.05, 0.1) is 17.6 Å². The fourth-order valence-corrected chi connectivity index (χ4v) is 2.44. The molecule has 0 unspecified atom stereocenters. The first-order valence-electron chi connectivity index (χ1n) is 7.56. The number of fused-ring (bicyclic) bond motifs is 1. The zero-order chi connectivity index (χ0) is 16.1. The highest BCUT2D eigenvalue weighted by atomic mass is 16.5. The first kappa shape index (κ1) is 15.2. The van der Waals surface area contributed by atoms with Crippen molar-refractivity contribution in [3.05, 3.63) is 65.5 Å². The molecule has 5 nitrogen and oxygen atoms in total. The Hall–Kier alpha value is -2.66. The van der Waals surface area contributed by atoms with Crippen LogP contribution in [0.2, 0.25) is 0 Å². The van der Waals surface area contributed by atoms with E-state index in [2.05, 4.69) is 15.3 Å². The van der Waals surface area contributed by atoms with E-state index in [1.807, 2.05) is 48.5 Å². The number of carbonyl (C=O) groups is 1. The number of H-pyrrole nitrogens is 1. The molecule has 0 aliphatic heterocycles. The van der Waals surface area contributed by atoms with E-state index in [1.165, 1.54) is 0 Å². The van der Waals surface area contributed by atoms with Crippen LogP contribution in [-0.2, 0) is 17.8 Å². The van der Waals surface area contributed by atoms with Gasteiger partial charge in [0.25, 0.3) is 5.91 Å². The highest BCUT2D eigenvalue weighted by Crippen LogP contribution is 2.10. The minimum Gasteiger partial charge on any atom is -0.380 e. The molecule has 0 aliphatic carbocycles. The summed E-state index contributed by atoms with van der Waals surface area (Å²) in [7, 11) is 1.65. The number of amides is 1. The number of nitrogens with one attached hydrogen (secondary N) is 2. The summed E-state index contributed by atoms with van der Waals surface area (Å²) in [5.74, 6) is 0.798. The second-order valence-corrected chi connectivity index (χ2v) is 5.34. The Balaban J connectivity index is 1.54.